The predicted molar refractivity (Wildman–Crippen MR) is 141 cm³/mol. The minimum atomic E-state index is -1.06. The maximum absolute atomic E-state index is 13.0. The van der Waals surface area contributed by atoms with Crippen LogP contribution in [0.2, 0.25) is 0 Å². The average molecular weight is 676 g/mol. The number of anilines is 1. The van der Waals surface area contributed by atoms with Gasteiger partial charge in [0, 0.05) is 31.2 Å². The van der Waals surface area contributed by atoms with E-state index >= 15 is 0 Å². The number of esters is 2. The van der Waals surface area contributed by atoms with Crippen LogP contribution >= 0.6 is 38.5 Å². The summed E-state index contributed by atoms with van der Waals surface area (Å²) in [6.07, 6.45) is 0.409. The largest absolute Gasteiger partial charge is 0.497 e. The van der Waals surface area contributed by atoms with Crippen LogP contribution in [-0.2, 0) is 23.8 Å². The molecule has 11 nitrogen and oxygen atoms in total. The summed E-state index contributed by atoms with van der Waals surface area (Å²) < 4.78 is 24.4. The Morgan fingerprint density at radius 1 is 1.22 bits per heavy atom. The molecule has 0 bridgehead atoms. The second kappa shape index (κ2) is 12.5. The zero-order valence-corrected chi connectivity index (χ0v) is 23.2. The van der Waals surface area contributed by atoms with Crippen molar-refractivity contribution in [2.75, 3.05) is 19.0 Å². The number of hydrogen-bond donors (Lipinski definition) is 1. The smallest absolute Gasteiger partial charge is 0.351 e. The number of ether oxygens (including phenoxy) is 4. The molecular weight excluding hydrogens is 653 g/mol. The van der Waals surface area contributed by atoms with Crippen molar-refractivity contribution >= 4 is 68.3 Å². The summed E-state index contributed by atoms with van der Waals surface area (Å²) in [4.78, 5) is 52.3. The molecule has 1 aromatic carbocycles. The highest BCUT2D eigenvalue weighted by Gasteiger charge is 2.47. The number of carbonyl (C=O) groups excluding carboxylic acids is 3. The fraction of sp³-hybridized carbons (Fsp3) is 0.348. The van der Waals surface area contributed by atoms with Gasteiger partial charge < -0.3 is 24.3 Å². The molecule has 3 rings (SSSR count). The van der Waals surface area contributed by atoms with Crippen LogP contribution in [0.1, 0.15) is 36.0 Å². The Morgan fingerprint density at radius 2 is 1.92 bits per heavy atom. The molecule has 1 fully saturated rings. The third kappa shape index (κ3) is 6.70. The van der Waals surface area contributed by atoms with Crippen molar-refractivity contribution in [2.24, 2.45) is 0 Å². The van der Waals surface area contributed by atoms with Crippen molar-refractivity contribution in [3.05, 3.63) is 56.2 Å². The molecule has 0 unspecified atom stereocenters. The van der Waals surface area contributed by atoms with Gasteiger partial charge in [0.05, 0.1) is 11.9 Å². The SMILES string of the molecule is COc1ccc(C(=O)Nc2nc(=O)n([C@@H]3O[C@H](COC(C)=O)[C@H](Br)[C@H]3OC(C)=O)cc2C=CI)cc1. The lowest BCUT2D eigenvalue weighted by Crippen LogP contribution is -2.37. The third-order valence-electron chi connectivity index (χ3n) is 5.10. The molecule has 0 saturated carbocycles. The van der Waals surface area contributed by atoms with Crippen LogP contribution in [0.25, 0.3) is 6.08 Å². The summed E-state index contributed by atoms with van der Waals surface area (Å²) >= 11 is 5.43. The molecule has 1 aliphatic rings. The normalized spacial score (nSPS) is 21.2. The minimum absolute atomic E-state index is 0.0406. The zero-order chi connectivity index (χ0) is 26.4. The highest BCUT2D eigenvalue weighted by Crippen LogP contribution is 2.36. The van der Waals surface area contributed by atoms with Crippen LogP contribution in [0.4, 0.5) is 5.82 Å². The maximum atomic E-state index is 13.0. The lowest BCUT2D eigenvalue weighted by Gasteiger charge is -2.22. The molecule has 2 heterocycles. The Bertz CT molecular complexity index is 1220. The van der Waals surface area contributed by atoms with E-state index in [0.29, 0.717) is 16.9 Å². The van der Waals surface area contributed by atoms with E-state index in [2.05, 4.69) is 26.2 Å². The predicted octanol–water partition coefficient (Wildman–Crippen LogP) is 3.07. The van der Waals surface area contributed by atoms with Gasteiger partial charge in [-0.25, -0.2) is 4.79 Å². The van der Waals surface area contributed by atoms with E-state index < -0.39 is 46.8 Å². The monoisotopic (exact) mass is 675 g/mol. The van der Waals surface area contributed by atoms with Crippen LogP contribution in [0, 0.1) is 0 Å². The molecule has 2 aromatic rings. The van der Waals surface area contributed by atoms with E-state index in [4.69, 9.17) is 18.9 Å². The van der Waals surface area contributed by atoms with Crippen LogP contribution in [0.5, 0.6) is 5.75 Å². The van der Waals surface area contributed by atoms with Gasteiger partial charge in [-0.05, 0) is 34.4 Å². The molecule has 1 amide bonds. The summed E-state index contributed by atoms with van der Waals surface area (Å²) in [5.41, 5.74) is 0.00176. The van der Waals surface area contributed by atoms with Gasteiger partial charge in [0.15, 0.2) is 12.3 Å². The summed E-state index contributed by atoms with van der Waals surface area (Å²) in [5.74, 6) is -0.919. The molecule has 0 aliphatic carbocycles. The standard InChI is InChI=1S/C23H23BrIN3O8/c1-12(29)34-11-17-18(24)19(35-13(2)30)22(36-17)28-10-15(8-9-25)20(27-23(28)32)26-21(31)14-4-6-16(33-3)7-5-14/h4-10,17-19,22H,11H2,1-3H3,(H,26,27,31,32)/t17-,18+,19-,22-/m1/s1. The van der Waals surface area contributed by atoms with E-state index in [0.717, 1.165) is 0 Å². The van der Waals surface area contributed by atoms with Crippen LogP contribution in [-0.4, -0.2) is 58.1 Å². The number of hydrogen-bond acceptors (Lipinski definition) is 9. The van der Waals surface area contributed by atoms with E-state index in [-0.39, 0.29) is 12.4 Å². The van der Waals surface area contributed by atoms with E-state index in [1.165, 1.54) is 31.7 Å². The topological polar surface area (TPSA) is 135 Å². The fourth-order valence-electron chi connectivity index (χ4n) is 3.45. The second-order valence-electron chi connectivity index (χ2n) is 7.60. The summed E-state index contributed by atoms with van der Waals surface area (Å²) in [5, 5.41) is 2.65. The van der Waals surface area contributed by atoms with Crippen molar-refractivity contribution in [1.29, 1.82) is 0 Å². The van der Waals surface area contributed by atoms with Crippen molar-refractivity contribution in [2.45, 2.75) is 37.1 Å². The fourth-order valence-corrected chi connectivity index (χ4v) is 4.48. The number of carbonyl (C=O) groups is 3. The molecule has 1 aliphatic heterocycles. The van der Waals surface area contributed by atoms with Crippen LogP contribution in [0.3, 0.4) is 0 Å². The van der Waals surface area contributed by atoms with Gasteiger partial charge in [-0.2, -0.15) is 4.98 Å². The molecule has 1 saturated heterocycles. The number of benzene rings is 1. The van der Waals surface area contributed by atoms with E-state index in [1.807, 2.05) is 22.6 Å². The number of amides is 1. The van der Waals surface area contributed by atoms with Crippen molar-refractivity contribution < 1.29 is 33.3 Å². The zero-order valence-electron chi connectivity index (χ0n) is 19.5. The minimum Gasteiger partial charge on any atom is -0.497 e. The number of alkyl halides is 1. The number of methoxy groups -OCH3 is 1. The van der Waals surface area contributed by atoms with Gasteiger partial charge in [-0.3, -0.25) is 19.0 Å². The number of rotatable bonds is 8. The first-order chi connectivity index (χ1) is 17.1. The molecule has 0 radical (unpaired) electrons. The molecule has 1 N–H and O–H groups in total. The Morgan fingerprint density at radius 3 is 2.50 bits per heavy atom. The number of halogens is 2. The lowest BCUT2D eigenvalue weighted by molar-refractivity contribution is -0.153. The molecule has 192 valence electrons. The summed E-state index contributed by atoms with van der Waals surface area (Å²) in [6, 6.07) is 6.44. The summed E-state index contributed by atoms with van der Waals surface area (Å²) in [7, 11) is 1.52. The second-order valence-corrected chi connectivity index (χ2v) is 9.37. The van der Waals surface area contributed by atoms with Gasteiger partial charge in [-0.1, -0.05) is 38.5 Å². The maximum Gasteiger partial charge on any atom is 0.351 e. The Hall–Kier alpha value is -2.78. The lowest BCUT2D eigenvalue weighted by atomic mass is 10.2. The molecule has 36 heavy (non-hydrogen) atoms. The third-order valence-corrected chi connectivity index (χ3v) is 6.57. The first-order valence-corrected chi connectivity index (χ1v) is 12.8. The van der Waals surface area contributed by atoms with Gasteiger partial charge in [0.2, 0.25) is 0 Å². The number of aromatic nitrogens is 2. The Kier molecular flexibility index (Phi) is 9.62. The highest BCUT2D eigenvalue weighted by molar-refractivity contribution is 14.1. The molecule has 0 spiro atoms. The van der Waals surface area contributed by atoms with Crippen molar-refractivity contribution in [1.82, 2.24) is 9.55 Å². The first-order valence-electron chi connectivity index (χ1n) is 10.6. The average Bonchev–Trinajstić information content (AvgIpc) is 3.13. The number of nitrogens with one attached hydrogen (secondary N) is 1. The Labute approximate surface area is 228 Å². The van der Waals surface area contributed by atoms with E-state index in [1.54, 1.807) is 34.4 Å². The Balaban J connectivity index is 1.94. The molecular formula is C23H23BrIN3O8. The molecule has 1 aromatic heterocycles. The first kappa shape index (κ1) is 27.8. The van der Waals surface area contributed by atoms with Gasteiger partial charge in [0.1, 0.15) is 24.3 Å². The highest BCUT2D eigenvalue weighted by atomic mass is 127. The molecule has 4 atom stereocenters. The quantitative estimate of drug-likeness (QED) is 0.255. The van der Waals surface area contributed by atoms with Gasteiger partial charge in [0.25, 0.3) is 5.91 Å². The number of nitrogens with zero attached hydrogens (tertiary/aromatic N) is 2. The van der Waals surface area contributed by atoms with E-state index in [9.17, 15) is 19.2 Å². The van der Waals surface area contributed by atoms with Crippen molar-refractivity contribution in [3.8, 4) is 5.75 Å². The van der Waals surface area contributed by atoms with Crippen molar-refractivity contribution in [3.63, 3.8) is 0 Å². The summed E-state index contributed by atoms with van der Waals surface area (Å²) in [6.45, 7) is 2.38. The van der Waals surface area contributed by atoms with Gasteiger partial charge in [-0.15, -0.1) is 0 Å². The van der Waals surface area contributed by atoms with Crippen LogP contribution < -0.4 is 15.7 Å². The van der Waals surface area contributed by atoms with Crippen LogP contribution in [0.15, 0.2) is 39.3 Å². The molecule has 13 heteroatoms. The van der Waals surface area contributed by atoms with Gasteiger partial charge >= 0.3 is 17.6 Å².